The van der Waals surface area contributed by atoms with Gasteiger partial charge in [-0.3, -0.25) is 4.79 Å². The number of nitrogens with zero attached hydrogens (tertiary/aromatic N) is 1. The van der Waals surface area contributed by atoms with Gasteiger partial charge in [-0.2, -0.15) is 0 Å². The van der Waals surface area contributed by atoms with E-state index in [1.165, 1.54) is 31.0 Å². The molecule has 1 unspecified atom stereocenters. The third kappa shape index (κ3) is 3.46. The Morgan fingerprint density at radius 3 is 2.50 bits per heavy atom. The maximum absolute atomic E-state index is 10.6. The number of hydrogen-bond acceptors (Lipinski definition) is 3. The fraction of sp³-hybridized carbons (Fsp3) is 0.778. The lowest BCUT2D eigenvalue weighted by Gasteiger charge is -2.29. The summed E-state index contributed by atoms with van der Waals surface area (Å²) >= 11 is 6.47. The van der Waals surface area contributed by atoms with E-state index in [2.05, 4.69) is 4.90 Å². The van der Waals surface area contributed by atoms with Crippen LogP contribution in [0, 0.1) is 0 Å². The molecule has 0 aromatic rings. The maximum Gasteiger partial charge on any atom is 0.316 e. The molecule has 0 aromatic heterocycles. The first-order valence-corrected chi connectivity index (χ1v) is 6.08. The molecule has 80 valence electrons. The van der Waals surface area contributed by atoms with Gasteiger partial charge in [-0.25, -0.2) is 0 Å². The largest absolute Gasteiger partial charge is 0.480 e. The van der Waals surface area contributed by atoms with E-state index in [9.17, 15) is 4.79 Å². The summed E-state index contributed by atoms with van der Waals surface area (Å²) in [5.74, 6) is -0.797. The first kappa shape index (κ1) is 11.8. The molecule has 5 heteroatoms. The molecule has 0 bridgehead atoms. The van der Waals surface area contributed by atoms with Crippen LogP contribution in [0.5, 0.6) is 0 Å². The second-order valence-corrected chi connectivity index (χ2v) is 5.39. The summed E-state index contributed by atoms with van der Waals surface area (Å²) in [4.78, 5) is 12.7. The molecule has 1 aliphatic rings. The highest BCUT2D eigenvalue weighted by atomic mass is 32.2. The quantitative estimate of drug-likeness (QED) is 0.738. The number of hydrogen-bond donors (Lipinski definition) is 1. The van der Waals surface area contributed by atoms with Crippen LogP contribution in [0.2, 0.25) is 0 Å². The number of thioether (sulfide) groups is 1. The minimum atomic E-state index is -0.797. The summed E-state index contributed by atoms with van der Waals surface area (Å²) < 4.78 is 0.736. The summed E-state index contributed by atoms with van der Waals surface area (Å²) in [6.45, 7) is 3.64. The molecule has 14 heavy (non-hydrogen) atoms. The number of carboxylic acids is 1. The predicted molar refractivity (Wildman–Crippen MR) is 62.7 cm³/mol. The first-order valence-electron chi connectivity index (χ1n) is 4.79. The van der Waals surface area contributed by atoms with Gasteiger partial charge in [0.15, 0.2) is 0 Å². The van der Waals surface area contributed by atoms with Crippen molar-refractivity contribution in [2.75, 3.05) is 13.1 Å². The molecule has 3 nitrogen and oxygen atoms in total. The van der Waals surface area contributed by atoms with Gasteiger partial charge in [0.05, 0.1) is 0 Å². The van der Waals surface area contributed by atoms with Gasteiger partial charge in [-0.15, -0.1) is 0 Å². The van der Waals surface area contributed by atoms with Crippen LogP contribution in [0.3, 0.4) is 0 Å². The average molecular weight is 233 g/mol. The van der Waals surface area contributed by atoms with E-state index in [4.69, 9.17) is 17.3 Å². The second kappa shape index (κ2) is 5.56. The van der Waals surface area contributed by atoms with E-state index in [0.29, 0.717) is 0 Å². The third-order valence-electron chi connectivity index (χ3n) is 2.24. The topological polar surface area (TPSA) is 40.5 Å². The van der Waals surface area contributed by atoms with Crippen molar-refractivity contribution < 1.29 is 9.90 Å². The highest BCUT2D eigenvalue weighted by Crippen LogP contribution is 2.19. The zero-order chi connectivity index (χ0) is 10.6. The molecule has 1 atom stereocenters. The van der Waals surface area contributed by atoms with Gasteiger partial charge >= 0.3 is 5.97 Å². The number of piperidine rings is 1. The Morgan fingerprint density at radius 1 is 1.43 bits per heavy atom. The van der Waals surface area contributed by atoms with E-state index in [1.807, 2.05) is 0 Å². The Labute approximate surface area is 93.9 Å². The summed E-state index contributed by atoms with van der Waals surface area (Å²) in [6, 6.07) is 0. The van der Waals surface area contributed by atoms with Crippen LogP contribution in [0.1, 0.15) is 26.2 Å². The van der Waals surface area contributed by atoms with Crippen molar-refractivity contribution in [3.05, 3.63) is 0 Å². The lowest BCUT2D eigenvalue weighted by molar-refractivity contribution is -0.136. The Morgan fingerprint density at radius 2 is 2.00 bits per heavy atom. The van der Waals surface area contributed by atoms with Crippen LogP contribution in [0.25, 0.3) is 0 Å². The molecule has 1 fully saturated rings. The van der Waals surface area contributed by atoms with Gasteiger partial charge < -0.3 is 10.0 Å². The highest BCUT2D eigenvalue weighted by Gasteiger charge is 2.19. The van der Waals surface area contributed by atoms with Gasteiger partial charge in [0, 0.05) is 13.1 Å². The Kier molecular flexibility index (Phi) is 4.68. The summed E-state index contributed by atoms with van der Waals surface area (Å²) in [5.41, 5.74) is 0. The van der Waals surface area contributed by atoms with Crippen molar-refractivity contribution in [1.29, 1.82) is 0 Å². The number of carboxylic acid groups (broad SMARTS) is 1. The molecule has 1 rings (SSSR count). The minimum Gasteiger partial charge on any atom is -0.480 e. The van der Waals surface area contributed by atoms with Gasteiger partial charge in [0.1, 0.15) is 9.57 Å². The summed E-state index contributed by atoms with van der Waals surface area (Å²) in [7, 11) is 0. The zero-order valence-electron chi connectivity index (χ0n) is 8.23. The van der Waals surface area contributed by atoms with E-state index < -0.39 is 11.2 Å². The highest BCUT2D eigenvalue weighted by molar-refractivity contribution is 8.23. The van der Waals surface area contributed by atoms with Crippen molar-refractivity contribution in [2.45, 2.75) is 31.4 Å². The molecule has 0 aliphatic carbocycles. The Bertz CT molecular complexity index is 227. The van der Waals surface area contributed by atoms with Crippen LogP contribution < -0.4 is 0 Å². The van der Waals surface area contributed by atoms with Crippen LogP contribution in [0.4, 0.5) is 0 Å². The minimum absolute atomic E-state index is 0.440. The van der Waals surface area contributed by atoms with Crippen LogP contribution >= 0.6 is 24.0 Å². The molecule has 1 aliphatic heterocycles. The zero-order valence-corrected chi connectivity index (χ0v) is 9.87. The predicted octanol–water partition coefficient (Wildman–Crippen LogP) is 1.96. The standard InChI is InChI=1S/C9H15NO2S2/c1-7(8(11)12)14-9(13)10-5-3-2-4-6-10/h7H,2-6H2,1H3,(H,11,12). The Hall–Kier alpha value is -0.290. The van der Waals surface area contributed by atoms with E-state index >= 15 is 0 Å². The van der Waals surface area contributed by atoms with Crippen molar-refractivity contribution in [3.63, 3.8) is 0 Å². The normalized spacial score (nSPS) is 19.1. The average Bonchev–Trinajstić information content (AvgIpc) is 2.19. The number of carbonyl (C=O) groups is 1. The lowest BCUT2D eigenvalue weighted by atomic mass is 10.1. The number of rotatable bonds is 2. The molecule has 0 saturated carbocycles. The van der Waals surface area contributed by atoms with Crippen LogP contribution in [-0.4, -0.2) is 38.6 Å². The summed E-state index contributed by atoms with van der Waals surface area (Å²) in [5, 5.41) is 8.29. The molecule has 0 radical (unpaired) electrons. The van der Waals surface area contributed by atoms with Crippen LogP contribution in [-0.2, 0) is 4.79 Å². The van der Waals surface area contributed by atoms with Gasteiger partial charge in [0.2, 0.25) is 0 Å². The van der Waals surface area contributed by atoms with Gasteiger partial charge in [-0.05, 0) is 26.2 Å². The fourth-order valence-electron chi connectivity index (χ4n) is 1.35. The number of likely N-dealkylation sites (tertiary alicyclic amines) is 1. The third-order valence-corrected chi connectivity index (χ3v) is 3.80. The number of thiocarbonyl (C=S) groups is 1. The number of aliphatic carboxylic acids is 1. The first-order chi connectivity index (χ1) is 6.61. The molecule has 0 amide bonds. The molecular formula is C9H15NO2S2. The molecule has 1 N–H and O–H groups in total. The molecular weight excluding hydrogens is 218 g/mol. The maximum atomic E-state index is 10.6. The van der Waals surface area contributed by atoms with Gasteiger partial charge in [-0.1, -0.05) is 24.0 Å². The van der Waals surface area contributed by atoms with E-state index in [-0.39, 0.29) is 0 Å². The van der Waals surface area contributed by atoms with Crippen LogP contribution in [0.15, 0.2) is 0 Å². The monoisotopic (exact) mass is 233 g/mol. The second-order valence-electron chi connectivity index (χ2n) is 3.41. The smallest absolute Gasteiger partial charge is 0.316 e. The molecule has 0 spiro atoms. The lowest BCUT2D eigenvalue weighted by Crippen LogP contribution is -2.34. The van der Waals surface area contributed by atoms with E-state index in [1.54, 1.807) is 6.92 Å². The molecule has 0 aromatic carbocycles. The SMILES string of the molecule is CC(SC(=S)N1CCCCC1)C(=O)O. The summed E-state index contributed by atoms with van der Waals surface area (Å²) in [6.07, 6.45) is 3.60. The van der Waals surface area contributed by atoms with Crippen molar-refractivity contribution in [2.24, 2.45) is 0 Å². The van der Waals surface area contributed by atoms with E-state index in [0.717, 1.165) is 17.4 Å². The molecule has 1 saturated heterocycles. The molecule has 1 heterocycles. The van der Waals surface area contributed by atoms with Crippen molar-refractivity contribution in [1.82, 2.24) is 4.90 Å². The van der Waals surface area contributed by atoms with Crippen molar-refractivity contribution in [3.8, 4) is 0 Å². The van der Waals surface area contributed by atoms with Gasteiger partial charge in [0.25, 0.3) is 0 Å². The fourth-order valence-corrected chi connectivity index (χ4v) is 2.70. The van der Waals surface area contributed by atoms with Crippen molar-refractivity contribution >= 4 is 34.3 Å². The Balaban J connectivity index is 2.36.